The van der Waals surface area contributed by atoms with Gasteiger partial charge in [0.1, 0.15) is 6.10 Å². The van der Waals surface area contributed by atoms with Crippen molar-refractivity contribution in [3.63, 3.8) is 0 Å². The Labute approximate surface area is 73.6 Å². The summed E-state index contributed by atoms with van der Waals surface area (Å²) in [5.41, 5.74) is -0.922. The Morgan fingerprint density at radius 1 is 1.54 bits per heavy atom. The summed E-state index contributed by atoms with van der Waals surface area (Å²) in [6.45, 7) is 0.277. The molecule has 4 N–H and O–H groups in total. The average Bonchev–Trinajstić information content (AvgIpc) is 2.03. The average molecular weight is 185 g/mol. The van der Waals surface area contributed by atoms with E-state index < -0.39 is 17.4 Å². The molecule has 0 amide bonds. The minimum absolute atomic E-state index is 0.211. The normalized spacial score (nSPS) is 12.8. The minimum atomic E-state index is -0.875. The number of rotatable bonds is 3. The summed E-state index contributed by atoms with van der Waals surface area (Å²) in [5, 5.41) is 12.1. The Kier molecular flexibility index (Phi) is 2.99. The van der Waals surface area contributed by atoms with Crippen LogP contribution < -0.4 is 16.6 Å². The van der Waals surface area contributed by atoms with Crippen LogP contribution in [0, 0.1) is 0 Å². The zero-order valence-corrected chi connectivity index (χ0v) is 7.13. The highest BCUT2D eigenvalue weighted by Gasteiger charge is 2.07. The van der Waals surface area contributed by atoms with E-state index in [1.165, 1.54) is 0 Å². The van der Waals surface area contributed by atoms with Gasteiger partial charge < -0.3 is 15.4 Å². The zero-order valence-electron chi connectivity index (χ0n) is 7.13. The molecule has 0 aliphatic rings. The third-order valence-electron chi connectivity index (χ3n) is 1.54. The number of aliphatic hydroxyl groups excluding tert-OH is 1. The highest BCUT2D eigenvalue weighted by atomic mass is 16.3. The first kappa shape index (κ1) is 9.69. The molecule has 6 nitrogen and oxygen atoms in total. The first-order valence-corrected chi connectivity index (χ1v) is 3.79. The maximum atomic E-state index is 10.8. The van der Waals surface area contributed by atoms with Crippen LogP contribution in [0.4, 0.5) is 0 Å². The molecular formula is C7H11N3O3. The predicted molar refractivity (Wildman–Crippen MR) is 46.6 cm³/mol. The van der Waals surface area contributed by atoms with Gasteiger partial charge in [0.25, 0.3) is 5.56 Å². The maximum absolute atomic E-state index is 10.8. The maximum Gasteiger partial charge on any atom is 0.325 e. The number of aromatic nitrogens is 2. The second-order valence-electron chi connectivity index (χ2n) is 2.62. The lowest BCUT2D eigenvalue weighted by Crippen LogP contribution is -2.27. The van der Waals surface area contributed by atoms with Crippen LogP contribution in [0.1, 0.15) is 11.8 Å². The van der Waals surface area contributed by atoms with E-state index in [2.05, 4.69) is 10.3 Å². The van der Waals surface area contributed by atoms with Crippen molar-refractivity contribution in [1.82, 2.24) is 15.3 Å². The number of nitrogens with one attached hydrogen (secondary N) is 3. The van der Waals surface area contributed by atoms with Crippen molar-refractivity contribution in [2.24, 2.45) is 0 Å². The minimum Gasteiger partial charge on any atom is -0.386 e. The summed E-state index contributed by atoms with van der Waals surface area (Å²) < 4.78 is 0. The monoisotopic (exact) mass is 185 g/mol. The number of likely N-dealkylation sites (N-methyl/N-ethyl adjacent to an activating group) is 1. The van der Waals surface area contributed by atoms with Crippen molar-refractivity contribution >= 4 is 0 Å². The van der Waals surface area contributed by atoms with Crippen LogP contribution in [0.25, 0.3) is 0 Å². The Morgan fingerprint density at radius 2 is 2.23 bits per heavy atom. The lowest BCUT2D eigenvalue weighted by molar-refractivity contribution is 0.172. The second kappa shape index (κ2) is 4.01. The molecule has 0 saturated carbocycles. The smallest absolute Gasteiger partial charge is 0.325 e. The van der Waals surface area contributed by atoms with E-state index in [1.807, 2.05) is 4.98 Å². The topological polar surface area (TPSA) is 98.0 Å². The molecule has 0 aliphatic heterocycles. The molecule has 6 heteroatoms. The number of hydrogen-bond donors (Lipinski definition) is 4. The molecular weight excluding hydrogens is 174 g/mol. The van der Waals surface area contributed by atoms with E-state index in [0.717, 1.165) is 6.07 Å². The molecule has 0 bridgehead atoms. The standard InChI is InChI=1S/C7H11N3O3/c1-8-3-5(11)4-2-6(12)10-7(13)9-4/h2,5,8,11H,3H2,1H3,(H2,9,10,12,13). The molecule has 0 fully saturated rings. The molecule has 1 rings (SSSR count). The third-order valence-corrected chi connectivity index (χ3v) is 1.54. The molecule has 0 saturated heterocycles. The lowest BCUT2D eigenvalue weighted by Gasteiger charge is -2.08. The van der Waals surface area contributed by atoms with E-state index in [4.69, 9.17) is 0 Å². The van der Waals surface area contributed by atoms with E-state index in [9.17, 15) is 14.7 Å². The van der Waals surface area contributed by atoms with Crippen LogP contribution in [0.2, 0.25) is 0 Å². The summed E-state index contributed by atoms with van der Waals surface area (Å²) in [5.74, 6) is 0. The van der Waals surface area contributed by atoms with Crippen molar-refractivity contribution in [3.8, 4) is 0 Å². The van der Waals surface area contributed by atoms with Gasteiger partial charge in [0, 0.05) is 12.6 Å². The first-order valence-electron chi connectivity index (χ1n) is 3.79. The number of hydrogen-bond acceptors (Lipinski definition) is 4. The summed E-state index contributed by atoms with van der Waals surface area (Å²) in [6.07, 6.45) is -0.875. The molecule has 0 aliphatic carbocycles. The van der Waals surface area contributed by atoms with Crippen molar-refractivity contribution in [1.29, 1.82) is 0 Å². The van der Waals surface area contributed by atoms with Gasteiger partial charge in [0.2, 0.25) is 0 Å². The first-order chi connectivity index (χ1) is 6.13. The van der Waals surface area contributed by atoms with Gasteiger partial charge in [-0.25, -0.2) is 4.79 Å². The lowest BCUT2D eigenvalue weighted by atomic mass is 10.2. The number of aromatic amines is 2. The summed E-state index contributed by atoms with van der Waals surface area (Å²) in [4.78, 5) is 25.9. The van der Waals surface area contributed by atoms with Crippen molar-refractivity contribution in [2.45, 2.75) is 6.10 Å². The van der Waals surface area contributed by atoms with Gasteiger partial charge in [-0.3, -0.25) is 9.78 Å². The Hall–Kier alpha value is -1.40. The fourth-order valence-corrected chi connectivity index (χ4v) is 0.970. The Morgan fingerprint density at radius 3 is 2.77 bits per heavy atom. The molecule has 0 aromatic carbocycles. The summed E-state index contributed by atoms with van der Waals surface area (Å²) in [7, 11) is 1.66. The Bertz CT molecular complexity index is 353. The molecule has 72 valence electrons. The van der Waals surface area contributed by atoms with Gasteiger partial charge in [-0.2, -0.15) is 0 Å². The van der Waals surface area contributed by atoms with Crippen LogP contribution in [0.15, 0.2) is 15.7 Å². The molecule has 0 radical (unpaired) electrons. The van der Waals surface area contributed by atoms with Crippen molar-refractivity contribution in [3.05, 3.63) is 32.6 Å². The fourth-order valence-electron chi connectivity index (χ4n) is 0.970. The summed E-state index contributed by atoms with van der Waals surface area (Å²) in [6, 6.07) is 1.16. The SMILES string of the molecule is CNCC(O)c1cc(=O)[nH]c(=O)[nH]1. The van der Waals surface area contributed by atoms with Crippen LogP contribution in [0.5, 0.6) is 0 Å². The number of H-pyrrole nitrogens is 2. The zero-order chi connectivity index (χ0) is 9.84. The van der Waals surface area contributed by atoms with Gasteiger partial charge >= 0.3 is 5.69 Å². The largest absolute Gasteiger partial charge is 0.386 e. The Balaban J connectivity index is 3.01. The predicted octanol–water partition coefficient (Wildman–Crippen LogP) is -1.68. The van der Waals surface area contributed by atoms with E-state index in [-0.39, 0.29) is 12.2 Å². The fraction of sp³-hybridized carbons (Fsp3) is 0.429. The van der Waals surface area contributed by atoms with E-state index in [1.54, 1.807) is 7.05 Å². The second-order valence-corrected chi connectivity index (χ2v) is 2.62. The molecule has 1 atom stereocenters. The van der Waals surface area contributed by atoms with Crippen LogP contribution in [-0.2, 0) is 0 Å². The van der Waals surface area contributed by atoms with Gasteiger partial charge in [-0.15, -0.1) is 0 Å². The molecule has 1 aromatic heterocycles. The molecule has 13 heavy (non-hydrogen) atoms. The van der Waals surface area contributed by atoms with Crippen LogP contribution >= 0.6 is 0 Å². The van der Waals surface area contributed by atoms with Gasteiger partial charge in [-0.05, 0) is 7.05 Å². The molecule has 1 heterocycles. The van der Waals surface area contributed by atoms with Crippen LogP contribution in [-0.4, -0.2) is 28.7 Å². The van der Waals surface area contributed by atoms with Crippen LogP contribution in [0.3, 0.4) is 0 Å². The highest BCUT2D eigenvalue weighted by Crippen LogP contribution is 2.02. The van der Waals surface area contributed by atoms with E-state index in [0.29, 0.717) is 0 Å². The molecule has 1 aromatic rings. The highest BCUT2D eigenvalue weighted by molar-refractivity contribution is 5.02. The quantitative estimate of drug-likeness (QED) is 0.452. The van der Waals surface area contributed by atoms with Gasteiger partial charge in [-0.1, -0.05) is 0 Å². The molecule has 0 spiro atoms. The summed E-state index contributed by atoms with van der Waals surface area (Å²) >= 11 is 0. The van der Waals surface area contributed by atoms with Crippen molar-refractivity contribution in [2.75, 3.05) is 13.6 Å². The van der Waals surface area contributed by atoms with Crippen molar-refractivity contribution < 1.29 is 5.11 Å². The van der Waals surface area contributed by atoms with Gasteiger partial charge in [0.05, 0.1) is 5.69 Å². The van der Waals surface area contributed by atoms with Gasteiger partial charge in [0.15, 0.2) is 0 Å². The molecule has 1 unspecified atom stereocenters. The van der Waals surface area contributed by atoms with E-state index >= 15 is 0 Å². The third kappa shape index (κ3) is 2.53. The number of aliphatic hydroxyl groups is 1.